The monoisotopic (exact) mass is 261 g/mol. The summed E-state index contributed by atoms with van der Waals surface area (Å²) in [5, 5.41) is 11.6. The van der Waals surface area contributed by atoms with Crippen molar-refractivity contribution in [2.75, 3.05) is 6.54 Å². The van der Waals surface area contributed by atoms with Gasteiger partial charge in [-0.3, -0.25) is 9.59 Å². The Hall–Kier alpha value is -1.84. The van der Waals surface area contributed by atoms with Crippen LogP contribution in [0.25, 0.3) is 0 Å². The van der Waals surface area contributed by atoms with Crippen molar-refractivity contribution < 1.29 is 14.7 Å². The summed E-state index contributed by atoms with van der Waals surface area (Å²) in [7, 11) is 0. The van der Waals surface area contributed by atoms with E-state index in [1.54, 1.807) is 0 Å². The molecule has 1 fully saturated rings. The highest BCUT2D eigenvalue weighted by molar-refractivity contribution is 5.89. The molecule has 0 aliphatic heterocycles. The first-order valence-electron chi connectivity index (χ1n) is 6.55. The van der Waals surface area contributed by atoms with Gasteiger partial charge in [-0.15, -0.1) is 0 Å². The lowest BCUT2D eigenvalue weighted by molar-refractivity contribution is -0.140. The molecule has 2 unspecified atom stereocenters. The molecule has 0 heterocycles. The van der Waals surface area contributed by atoms with Gasteiger partial charge in [-0.1, -0.05) is 18.2 Å². The van der Waals surface area contributed by atoms with Gasteiger partial charge in [0.15, 0.2) is 0 Å². The molecule has 1 aliphatic rings. The topological polar surface area (TPSA) is 66.4 Å². The average molecular weight is 261 g/mol. The summed E-state index contributed by atoms with van der Waals surface area (Å²) >= 11 is 0. The number of rotatable bonds is 5. The quantitative estimate of drug-likeness (QED) is 0.847. The predicted molar refractivity (Wildman–Crippen MR) is 71.9 cm³/mol. The number of aryl methyl sites for hydroxylation is 2. The number of carbonyl (C=O) groups excluding carboxylic acids is 1. The zero-order chi connectivity index (χ0) is 14.0. The van der Waals surface area contributed by atoms with E-state index in [4.69, 9.17) is 5.11 Å². The van der Waals surface area contributed by atoms with E-state index >= 15 is 0 Å². The Bertz CT molecular complexity index is 510. The van der Waals surface area contributed by atoms with E-state index in [0.29, 0.717) is 13.0 Å². The number of carbonyl (C=O) groups is 2. The van der Waals surface area contributed by atoms with Gasteiger partial charge in [0.25, 0.3) is 0 Å². The molecule has 2 N–H and O–H groups in total. The molecule has 0 radical (unpaired) electrons. The maximum Gasteiger partial charge on any atom is 0.307 e. The van der Waals surface area contributed by atoms with Crippen LogP contribution >= 0.6 is 0 Å². The Morgan fingerprint density at radius 2 is 2.00 bits per heavy atom. The minimum atomic E-state index is -0.866. The molecule has 1 aromatic carbocycles. The summed E-state index contributed by atoms with van der Waals surface area (Å²) in [6.07, 6.45) is 1.25. The van der Waals surface area contributed by atoms with E-state index in [0.717, 1.165) is 6.42 Å². The Balaban J connectivity index is 1.76. The summed E-state index contributed by atoms with van der Waals surface area (Å²) in [6, 6.07) is 6.26. The van der Waals surface area contributed by atoms with Gasteiger partial charge in [0.05, 0.1) is 11.8 Å². The molecule has 0 bridgehead atoms. The van der Waals surface area contributed by atoms with Crippen LogP contribution in [0.2, 0.25) is 0 Å². The highest BCUT2D eigenvalue weighted by Crippen LogP contribution is 2.38. The lowest BCUT2D eigenvalue weighted by Gasteiger charge is -2.07. The number of hydrogen-bond donors (Lipinski definition) is 2. The first-order chi connectivity index (χ1) is 8.99. The molecule has 1 aromatic rings. The van der Waals surface area contributed by atoms with Gasteiger partial charge in [0, 0.05) is 6.54 Å². The Morgan fingerprint density at radius 3 is 2.58 bits per heavy atom. The summed E-state index contributed by atoms with van der Waals surface area (Å²) in [5.74, 6) is -1.79. The van der Waals surface area contributed by atoms with Gasteiger partial charge in [-0.2, -0.15) is 0 Å². The summed E-state index contributed by atoms with van der Waals surface area (Å²) < 4.78 is 0. The first-order valence-corrected chi connectivity index (χ1v) is 6.55. The van der Waals surface area contributed by atoms with E-state index in [1.807, 2.05) is 0 Å². The fraction of sp³-hybridized carbons (Fsp3) is 0.467. The van der Waals surface area contributed by atoms with Crippen LogP contribution in [0.1, 0.15) is 23.1 Å². The molecule has 1 amide bonds. The van der Waals surface area contributed by atoms with Crippen molar-refractivity contribution in [3.05, 3.63) is 34.9 Å². The molecule has 0 spiro atoms. The van der Waals surface area contributed by atoms with Crippen molar-refractivity contribution in [1.82, 2.24) is 5.32 Å². The molecular formula is C15H19NO3. The molecule has 19 heavy (non-hydrogen) atoms. The van der Waals surface area contributed by atoms with E-state index in [-0.39, 0.29) is 11.8 Å². The smallest absolute Gasteiger partial charge is 0.307 e. The van der Waals surface area contributed by atoms with Crippen LogP contribution < -0.4 is 5.32 Å². The fourth-order valence-electron chi connectivity index (χ4n) is 2.18. The molecular weight excluding hydrogens is 242 g/mol. The summed E-state index contributed by atoms with van der Waals surface area (Å²) in [5.41, 5.74) is 3.70. The van der Waals surface area contributed by atoms with E-state index in [2.05, 4.69) is 37.4 Å². The predicted octanol–water partition coefficient (Wildman–Crippen LogP) is 1.68. The summed E-state index contributed by atoms with van der Waals surface area (Å²) in [4.78, 5) is 22.3. The minimum absolute atomic E-state index is 0.128. The highest BCUT2D eigenvalue weighted by atomic mass is 16.4. The third kappa shape index (κ3) is 3.34. The van der Waals surface area contributed by atoms with Crippen LogP contribution in [0.3, 0.4) is 0 Å². The molecule has 102 valence electrons. The van der Waals surface area contributed by atoms with Crippen molar-refractivity contribution in [1.29, 1.82) is 0 Å². The molecule has 0 aromatic heterocycles. The Labute approximate surface area is 112 Å². The van der Waals surface area contributed by atoms with Gasteiger partial charge in [0.2, 0.25) is 5.91 Å². The Morgan fingerprint density at radius 1 is 1.26 bits per heavy atom. The van der Waals surface area contributed by atoms with E-state index in [9.17, 15) is 9.59 Å². The third-order valence-electron chi connectivity index (χ3n) is 3.73. The second-order valence-corrected chi connectivity index (χ2v) is 5.25. The van der Waals surface area contributed by atoms with Crippen LogP contribution in [0.5, 0.6) is 0 Å². The van der Waals surface area contributed by atoms with Crippen molar-refractivity contribution in [2.24, 2.45) is 11.8 Å². The molecule has 1 aliphatic carbocycles. The van der Waals surface area contributed by atoms with E-state index < -0.39 is 11.9 Å². The molecule has 4 heteroatoms. The second-order valence-electron chi connectivity index (χ2n) is 5.25. The van der Waals surface area contributed by atoms with Crippen LogP contribution in [0.15, 0.2) is 18.2 Å². The lowest BCUT2D eigenvalue weighted by Crippen LogP contribution is -2.28. The molecule has 2 rings (SSSR count). The molecule has 0 saturated heterocycles. The normalized spacial score (nSPS) is 20.9. The van der Waals surface area contributed by atoms with Crippen LogP contribution in [-0.2, 0) is 16.0 Å². The maximum atomic E-state index is 11.7. The second kappa shape index (κ2) is 5.43. The summed E-state index contributed by atoms with van der Waals surface area (Å²) in [6.45, 7) is 4.70. The van der Waals surface area contributed by atoms with Gasteiger partial charge < -0.3 is 10.4 Å². The lowest BCUT2D eigenvalue weighted by atomic mass is 10.0. The first kappa shape index (κ1) is 13.6. The van der Waals surface area contributed by atoms with Crippen molar-refractivity contribution in [2.45, 2.75) is 26.7 Å². The number of carboxylic acids is 1. The van der Waals surface area contributed by atoms with Crippen LogP contribution in [0.4, 0.5) is 0 Å². The zero-order valence-corrected chi connectivity index (χ0v) is 11.3. The van der Waals surface area contributed by atoms with Gasteiger partial charge in [-0.25, -0.2) is 0 Å². The molecule has 2 atom stereocenters. The van der Waals surface area contributed by atoms with Crippen molar-refractivity contribution in [3.8, 4) is 0 Å². The third-order valence-corrected chi connectivity index (χ3v) is 3.73. The van der Waals surface area contributed by atoms with Gasteiger partial charge >= 0.3 is 5.97 Å². The zero-order valence-electron chi connectivity index (χ0n) is 11.3. The number of benzene rings is 1. The standard InChI is InChI=1S/C15H19NO3/c1-9-3-4-11(7-10(9)2)5-6-16-14(17)12-8-13(12)15(18)19/h3-4,7,12-13H,5-6,8H2,1-2H3,(H,16,17)(H,18,19). The number of nitrogens with one attached hydrogen (secondary N) is 1. The largest absolute Gasteiger partial charge is 0.481 e. The number of hydrogen-bond acceptors (Lipinski definition) is 2. The number of aliphatic carboxylic acids is 1. The Kier molecular flexibility index (Phi) is 3.88. The van der Waals surface area contributed by atoms with Crippen molar-refractivity contribution >= 4 is 11.9 Å². The van der Waals surface area contributed by atoms with E-state index in [1.165, 1.54) is 16.7 Å². The number of carboxylic acid groups (broad SMARTS) is 1. The number of amides is 1. The van der Waals surface area contributed by atoms with Crippen molar-refractivity contribution in [3.63, 3.8) is 0 Å². The SMILES string of the molecule is Cc1ccc(CCNC(=O)C2CC2C(=O)O)cc1C. The maximum absolute atomic E-state index is 11.7. The molecule has 4 nitrogen and oxygen atoms in total. The average Bonchev–Trinajstić information content (AvgIpc) is 3.14. The fourth-order valence-corrected chi connectivity index (χ4v) is 2.18. The van der Waals surface area contributed by atoms with Crippen LogP contribution in [0, 0.1) is 25.7 Å². The van der Waals surface area contributed by atoms with Gasteiger partial charge in [-0.05, 0) is 43.4 Å². The van der Waals surface area contributed by atoms with Gasteiger partial charge in [0.1, 0.15) is 0 Å². The van der Waals surface area contributed by atoms with Crippen LogP contribution in [-0.4, -0.2) is 23.5 Å². The molecule has 1 saturated carbocycles. The minimum Gasteiger partial charge on any atom is -0.481 e. The highest BCUT2D eigenvalue weighted by Gasteiger charge is 2.48.